The van der Waals surface area contributed by atoms with Crippen LogP contribution in [0.15, 0.2) is 49.1 Å². The average molecular weight is 314 g/mol. The van der Waals surface area contributed by atoms with Crippen molar-refractivity contribution in [2.75, 3.05) is 5.73 Å². The summed E-state index contributed by atoms with van der Waals surface area (Å²) in [6, 6.07) is 10.4. The van der Waals surface area contributed by atoms with E-state index < -0.39 is 0 Å². The maximum Gasteiger partial charge on any atom is 0.151 e. The van der Waals surface area contributed by atoms with Crippen LogP contribution in [-0.4, -0.2) is 24.5 Å². The molecule has 0 unspecified atom stereocenters. The number of hydrogen-bond acceptors (Lipinski definition) is 4. The van der Waals surface area contributed by atoms with Crippen molar-refractivity contribution in [1.82, 2.24) is 24.5 Å². The van der Waals surface area contributed by atoms with E-state index >= 15 is 0 Å². The van der Waals surface area contributed by atoms with Crippen LogP contribution in [0.4, 0.5) is 5.82 Å². The molecule has 0 amide bonds. The van der Waals surface area contributed by atoms with E-state index in [1.165, 1.54) is 11.9 Å². The Hall–Kier alpha value is -3.41. The van der Waals surface area contributed by atoms with E-state index in [9.17, 15) is 0 Å². The third kappa shape index (κ3) is 1.68. The van der Waals surface area contributed by atoms with Crippen LogP contribution < -0.4 is 5.73 Å². The molecule has 0 aliphatic heterocycles. The number of aryl methyl sites for hydroxylation is 1. The number of H-pyrrole nitrogens is 1. The number of nitrogen functional groups attached to an aromatic ring is 1. The third-order valence-corrected chi connectivity index (χ3v) is 4.37. The molecule has 5 rings (SSSR count). The summed E-state index contributed by atoms with van der Waals surface area (Å²) in [5.41, 5.74) is 11.9. The van der Waals surface area contributed by atoms with E-state index in [1.54, 1.807) is 0 Å². The van der Waals surface area contributed by atoms with Gasteiger partial charge < -0.3 is 15.3 Å². The highest BCUT2D eigenvalue weighted by Crippen LogP contribution is 2.33. The molecule has 0 radical (unpaired) electrons. The van der Waals surface area contributed by atoms with Crippen molar-refractivity contribution in [2.45, 2.75) is 6.92 Å². The van der Waals surface area contributed by atoms with Crippen molar-refractivity contribution in [3.8, 4) is 5.69 Å². The molecule has 0 saturated carbocycles. The van der Waals surface area contributed by atoms with Crippen LogP contribution in [0, 0.1) is 6.92 Å². The predicted molar refractivity (Wildman–Crippen MR) is 95.2 cm³/mol. The summed E-state index contributed by atoms with van der Waals surface area (Å²) < 4.78 is 2.08. The van der Waals surface area contributed by atoms with Gasteiger partial charge in [0.15, 0.2) is 5.82 Å². The average Bonchev–Trinajstić information content (AvgIpc) is 3.17. The van der Waals surface area contributed by atoms with Crippen molar-refractivity contribution >= 4 is 38.8 Å². The summed E-state index contributed by atoms with van der Waals surface area (Å²) in [4.78, 5) is 16.3. The van der Waals surface area contributed by atoms with Crippen molar-refractivity contribution < 1.29 is 0 Å². The molecule has 0 saturated heterocycles. The standard InChI is InChI=1S/C18H14N6/c1-10-2-3-14-13(6-10)15-16(17(19)23-9-22-15)24(14)12-7-11-4-5-20-18(11)21-8-12/h2-9H,1H3,(H,20,21)(H2,19,22,23). The van der Waals surface area contributed by atoms with Crippen LogP contribution >= 0.6 is 0 Å². The lowest BCUT2D eigenvalue weighted by Gasteiger charge is -2.08. The van der Waals surface area contributed by atoms with Crippen LogP contribution in [-0.2, 0) is 0 Å². The number of nitrogens with zero attached hydrogens (tertiary/aromatic N) is 4. The van der Waals surface area contributed by atoms with Gasteiger partial charge in [-0.1, -0.05) is 11.6 Å². The fourth-order valence-electron chi connectivity index (χ4n) is 3.28. The zero-order valence-electron chi connectivity index (χ0n) is 13.0. The number of anilines is 1. The summed E-state index contributed by atoms with van der Waals surface area (Å²) in [6.45, 7) is 2.07. The first-order valence-corrected chi connectivity index (χ1v) is 7.67. The van der Waals surface area contributed by atoms with Gasteiger partial charge in [0.25, 0.3) is 0 Å². The molecule has 1 aromatic carbocycles. The van der Waals surface area contributed by atoms with E-state index in [0.717, 1.165) is 38.7 Å². The fraction of sp³-hybridized carbons (Fsp3) is 0.0556. The summed E-state index contributed by atoms with van der Waals surface area (Å²) in [6.07, 6.45) is 5.23. The predicted octanol–water partition coefficient (Wildman–Crippen LogP) is 3.34. The minimum Gasteiger partial charge on any atom is -0.382 e. The number of nitrogens with one attached hydrogen (secondary N) is 1. The molecule has 0 bridgehead atoms. The lowest BCUT2D eigenvalue weighted by Crippen LogP contribution is -2.00. The Labute approximate surface area is 137 Å². The second-order valence-corrected chi connectivity index (χ2v) is 5.92. The topological polar surface area (TPSA) is 85.4 Å². The SMILES string of the molecule is Cc1ccc2c(c1)c1ncnc(N)c1n2-c1cnc2[nH]ccc2c1. The number of aromatic amines is 1. The van der Waals surface area contributed by atoms with E-state index in [4.69, 9.17) is 5.73 Å². The van der Waals surface area contributed by atoms with Crippen molar-refractivity contribution in [2.24, 2.45) is 0 Å². The van der Waals surface area contributed by atoms with Crippen molar-refractivity contribution in [1.29, 1.82) is 0 Å². The molecule has 24 heavy (non-hydrogen) atoms. The number of hydrogen-bond donors (Lipinski definition) is 2. The van der Waals surface area contributed by atoms with Gasteiger partial charge in [-0.2, -0.15) is 0 Å². The number of rotatable bonds is 1. The quantitative estimate of drug-likeness (QED) is 0.497. The molecule has 3 N–H and O–H groups in total. The zero-order valence-corrected chi connectivity index (χ0v) is 13.0. The summed E-state index contributed by atoms with van der Waals surface area (Å²) in [5.74, 6) is 0.461. The first kappa shape index (κ1) is 13.1. The van der Waals surface area contributed by atoms with Crippen LogP contribution in [0.5, 0.6) is 0 Å². The van der Waals surface area contributed by atoms with E-state index in [-0.39, 0.29) is 0 Å². The molecular formula is C18H14N6. The Morgan fingerprint density at radius 1 is 1.08 bits per heavy atom. The smallest absolute Gasteiger partial charge is 0.151 e. The molecule has 5 aromatic rings. The second kappa shape index (κ2) is 4.55. The number of pyridine rings is 1. The maximum absolute atomic E-state index is 6.19. The van der Waals surface area contributed by atoms with Gasteiger partial charge in [0.2, 0.25) is 0 Å². The fourth-order valence-corrected chi connectivity index (χ4v) is 3.28. The van der Waals surface area contributed by atoms with Gasteiger partial charge in [0.05, 0.1) is 17.4 Å². The van der Waals surface area contributed by atoms with Gasteiger partial charge in [0, 0.05) is 17.0 Å². The molecule has 0 aliphatic rings. The molecule has 0 spiro atoms. The second-order valence-electron chi connectivity index (χ2n) is 5.92. The largest absolute Gasteiger partial charge is 0.382 e. The highest BCUT2D eigenvalue weighted by molar-refractivity contribution is 6.10. The molecular weight excluding hydrogens is 300 g/mol. The Morgan fingerprint density at radius 3 is 2.92 bits per heavy atom. The Morgan fingerprint density at radius 2 is 2.00 bits per heavy atom. The van der Waals surface area contributed by atoms with Gasteiger partial charge in [0.1, 0.15) is 23.0 Å². The minimum absolute atomic E-state index is 0.461. The first-order chi connectivity index (χ1) is 11.7. The van der Waals surface area contributed by atoms with Crippen LogP contribution in [0.2, 0.25) is 0 Å². The summed E-state index contributed by atoms with van der Waals surface area (Å²) in [5, 5.41) is 2.11. The molecule has 0 fully saturated rings. The lowest BCUT2D eigenvalue weighted by molar-refractivity contribution is 1.13. The van der Waals surface area contributed by atoms with Gasteiger partial charge >= 0.3 is 0 Å². The number of fused-ring (bicyclic) bond motifs is 4. The van der Waals surface area contributed by atoms with E-state index in [1.807, 2.05) is 18.5 Å². The van der Waals surface area contributed by atoms with Gasteiger partial charge in [-0.05, 0) is 31.2 Å². The molecule has 0 aliphatic carbocycles. The summed E-state index contributed by atoms with van der Waals surface area (Å²) in [7, 11) is 0. The van der Waals surface area contributed by atoms with Crippen molar-refractivity contribution in [3.63, 3.8) is 0 Å². The van der Waals surface area contributed by atoms with Crippen LogP contribution in [0.3, 0.4) is 0 Å². The van der Waals surface area contributed by atoms with E-state index in [0.29, 0.717) is 5.82 Å². The van der Waals surface area contributed by atoms with Crippen molar-refractivity contribution in [3.05, 3.63) is 54.6 Å². The van der Waals surface area contributed by atoms with Gasteiger partial charge in [-0.25, -0.2) is 15.0 Å². The lowest BCUT2D eigenvalue weighted by atomic mass is 10.1. The third-order valence-electron chi connectivity index (χ3n) is 4.37. The van der Waals surface area contributed by atoms with Crippen LogP contribution in [0.25, 0.3) is 38.7 Å². The molecule has 4 heterocycles. The van der Waals surface area contributed by atoms with Gasteiger partial charge in [-0.3, -0.25) is 0 Å². The monoisotopic (exact) mass is 314 g/mol. The molecule has 4 aromatic heterocycles. The van der Waals surface area contributed by atoms with E-state index in [2.05, 4.69) is 55.7 Å². The highest BCUT2D eigenvalue weighted by atomic mass is 15.1. The molecule has 0 atom stereocenters. The van der Waals surface area contributed by atoms with Crippen LogP contribution in [0.1, 0.15) is 5.56 Å². The Bertz CT molecular complexity index is 1230. The number of benzene rings is 1. The Kier molecular flexibility index (Phi) is 2.48. The molecule has 6 nitrogen and oxygen atoms in total. The minimum atomic E-state index is 0.461. The normalized spacial score (nSPS) is 11.7. The first-order valence-electron chi connectivity index (χ1n) is 7.67. The van der Waals surface area contributed by atoms with Gasteiger partial charge in [-0.15, -0.1) is 0 Å². The molecule has 116 valence electrons. The molecule has 6 heteroatoms. The Balaban J connectivity index is 1.98. The summed E-state index contributed by atoms with van der Waals surface area (Å²) >= 11 is 0. The maximum atomic E-state index is 6.19. The zero-order chi connectivity index (χ0) is 16.3. The highest BCUT2D eigenvalue weighted by Gasteiger charge is 2.16. The number of aromatic nitrogens is 5. The number of nitrogens with two attached hydrogens (primary N) is 1.